The van der Waals surface area contributed by atoms with Gasteiger partial charge in [0.25, 0.3) is 0 Å². The van der Waals surface area contributed by atoms with E-state index in [1.165, 1.54) is 205 Å². The molecule has 0 aliphatic carbocycles. The summed E-state index contributed by atoms with van der Waals surface area (Å²) in [6.07, 6.45) is 77.9. The van der Waals surface area contributed by atoms with Crippen LogP contribution in [0.5, 0.6) is 0 Å². The Morgan fingerprint density at radius 3 is 0.822 bits per heavy atom. The lowest BCUT2D eigenvalue weighted by atomic mass is 10.0. The van der Waals surface area contributed by atoms with Crippen LogP contribution in [-0.4, -0.2) is 37.2 Å². The molecule has 0 aromatic carbocycles. The first-order chi connectivity index (χ1) is 36.0. The summed E-state index contributed by atoms with van der Waals surface area (Å²) in [5.41, 5.74) is 0. The number of hydrogen-bond acceptors (Lipinski definition) is 6. The third-order valence-corrected chi connectivity index (χ3v) is 14.0. The zero-order valence-corrected chi connectivity index (χ0v) is 48.7. The molecule has 424 valence electrons. The summed E-state index contributed by atoms with van der Waals surface area (Å²) in [6.45, 7) is 6.63. The highest BCUT2D eigenvalue weighted by atomic mass is 16.6. The number of rotatable bonds is 58. The largest absolute Gasteiger partial charge is 0.462 e. The molecular weight excluding hydrogens is 901 g/mol. The van der Waals surface area contributed by atoms with Crippen molar-refractivity contribution in [3.8, 4) is 0 Å². The first kappa shape index (κ1) is 70.1. The molecule has 1 atom stereocenters. The number of carbonyl (C=O) groups excluding carboxylic acids is 3. The average Bonchev–Trinajstić information content (AvgIpc) is 3.39. The van der Waals surface area contributed by atoms with Crippen molar-refractivity contribution in [2.75, 3.05) is 13.2 Å². The topological polar surface area (TPSA) is 78.9 Å². The SMILES string of the molecule is CCCCC/C=C\C/C=C\C/C=C\C/C=C\CCCCCC(=O)OC[C@H](COC(=O)CCCCCCCCCCCCCCCCC)OC(=O)CCCCCCCCCCCCC/C=C\CCCCCCCC. The maximum Gasteiger partial charge on any atom is 0.306 e. The summed E-state index contributed by atoms with van der Waals surface area (Å²) in [5.74, 6) is -0.896. The molecule has 0 spiro atoms. The Balaban J connectivity index is 4.39. The average molecular weight is 1020 g/mol. The Kier molecular flexibility index (Phi) is 59.2. The summed E-state index contributed by atoms with van der Waals surface area (Å²) in [5, 5.41) is 0. The molecule has 0 saturated carbocycles. The van der Waals surface area contributed by atoms with E-state index < -0.39 is 6.10 Å². The van der Waals surface area contributed by atoms with Gasteiger partial charge in [0.1, 0.15) is 13.2 Å². The molecule has 0 aromatic rings. The van der Waals surface area contributed by atoms with Gasteiger partial charge in [0, 0.05) is 19.3 Å². The van der Waals surface area contributed by atoms with Crippen LogP contribution in [0, 0.1) is 0 Å². The fourth-order valence-corrected chi connectivity index (χ4v) is 9.19. The van der Waals surface area contributed by atoms with Gasteiger partial charge in [0.15, 0.2) is 6.10 Å². The maximum atomic E-state index is 12.9. The van der Waals surface area contributed by atoms with Crippen molar-refractivity contribution < 1.29 is 28.6 Å². The van der Waals surface area contributed by atoms with Gasteiger partial charge in [0.05, 0.1) is 0 Å². The van der Waals surface area contributed by atoms with E-state index >= 15 is 0 Å². The number of hydrogen-bond donors (Lipinski definition) is 0. The molecule has 0 aromatic heterocycles. The van der Waals surface area contributed by atoms with Gasteiger partial charge in [-0.15, -0.1) is 0 Å². The van der Waals surface area contributed by atoms with Crippen molar-refractivity contribution in [2.24, 2.45) is 0 Å². The second kappa shape index (κ2) is 61.7. The van der Waals surface area contributed by atoms with Crippen molar-refractivity contribution in [1.29, 1.82) is 0 Å². The van der Waals surface area contributed by atoms with Crippen molar-refractivity contribution in [3.05, 3.63) is 60.8 Å². The van der Waals surface area contributed by atoms with Crippen molar-refractivity contribution in [3.63, 3.8) is 0 Å². The van der Waals surface area contributed by atoms with Crippen molar-refractivity contribution in [2.45, 2.75) is 335 Å². The summed E-state index contributed by atoms with van der Waals surface area (Å²) in [7, 11) is 0. The fourth-order valence-electron chi connectivity index (χ4n) is 9.19. The Bertz CT molecular complexity index is 1310. The molecule has 6 heteroatoms. The molecule has 0 saturated heterocycles. The van der Waals surface area contributed by atoms with E-state index in [0.717, 1.165) is 83.5 Å². The number of carbonyl (C=O) groups is 3. The Labute approximate surface area is 453 Å². The maximum absolute atomic E-state index is 12.9. The van der Waals surface area contributed by atoms with Crippen LogP contribution < -0.4 is 0 Å². The van der Waals surface area contributed by atoms with Gasteiger partial charge in [-0.25, -0.2) is 0 Å². The van der Waals surface area contributed by atoms with Crippen molar-refractivity contribution >= 4 is 17.9 Å². The smallest absolute Gasteiger partial charge is 0.306 e. The number of ether oxygens (including phenoxy) is 3. The molecule has 73 heavy (non-hydrogen) atoms. The van der Waals surface area contributed by atoms with Gasteiger partial charge in [-0.3, -0.25) is 14.4 Å². The summed E-state index contributed by atoms with van der Waals surface area (Å²) in [6, 6.07) is 0. The van der Waals surface area contributed by atoms with Crippen LogP contribution in [0.1, 0.15) is 329 Å². The third-order valence-electron chi connectivity index (χ3n) is 14.0. The minimum absolute atomic E-state index is 0.0813. The molecule has 0 aliphatic heterocycles. The lowest BCUT2D eigenvalue weighted by Gasteiger charge is -2.18. The highest BCUT2D eigenvalue weighted by molar-refractivity contribution is 5.71. The van der Waals surface area contributed by atoms with Gasteiger partial charge < -0.3 is 14.2 Å². The molecular formula is C67H120O6. The lowest BCUT2D eigenvalue weighted by Crippen LogP contribution is -2.30. The van der Waals surface area contributed by atoms with E-state index in [4.69, 9.17) is 14.2 Å². The van der Waals surface area contributed by atoms with E-state index in [1.807, 2.05) is 0 Å². The lowest BCUT2D eigenvalue weighted by molar-refractivity contribution is -0.167. The Morgan fingerprint density at radius 2 is 0.493 bits per heavy atom. The van der Waals surface area contributed by atoms with E-state index in [-0.39, 0.29) is 31.1 Å². The van der Waals surface area contributed by atoms with Gasteiger partial charge in [-0.2, -0.15) is 0 Å². The Morgan fingerprint density at radius 1 is 0.274 bits per heavy atom. The minimum atomic E-state index is -0.787. The normalized spacial score (nSPS) is 12.4. The molecule has 0 unspecified atom stereocenters. The van der Waals surface area contributed by atoms with Crippen LogP contribution >= 0.6 is 0 Å². The van der Waals surface area contributed by atoms with E-state index in [9.17, 15) is 14.4 Å². The highest BCUT2D eigenvalue weighted by Gasteiger charge is 2.19. The number of esters is 3. The number of unbranched alkanes of at least 4 members (excludes halogenated alkanes) is 37. The predicted molar refractivity (Wildman–Crippen MR) is 316 cm³/mol. The second-order valence-electron chi connectivity index (χ2n) is 21.3. The summed E-state index contributed by atoms with van der Waals surface area (Å²) >= 11 is 0. The zero-order chi connectivity index (χ0) is 52.9. The first-order valence-corrected chi connectivity index (χ1v) is 31.8. The van der Waals surface area contributed by atoms with E-state index in [0.29, 0.717) is 19.3 Å². The monoisotopic (exact) mass is 1020 g/mol. The summed E-state index contributed by atoms with van der Waals surface area (Å²) in [4.78, 5) is 38.3. The standard InChI is InChI=1S/C67H120O6/c1-4-7-10-13-16-19-22-25-28-30-32-33-35-37-40-43-46-49-52-55-58-61-67(70)73-64(62-71-65(68)59-56-53-50-47-44-41-38-27-24-21-18-15-12-9-6-3)63-72-66(69)60-57-54-51-48-45-42-39-36-34-31-29-26-23-20-17-14-11-8-5-2/h17,20,25-26,28-29,34,36,42,45,64H,4-16,18-19,21-24,27,30-33,35,37-41,43-44,46-63H2,1-3H3/b20-17-,28-25-,29-26-,36-34-,45-42-/t64-/m0/s1. The van der Waals surface area contributed by atoms with Crippen LogP contribution in [0.15, 0.2) is 60.8 Å². The van der Waals surface area contributed by atoms with Gasteiger partial charge >= 0.3 is 17.9 Å². The van der Waals surface area contributed by atoms with Crippen LogP contribution in [0.4, 0.5) is 0 Å². The van der Waals surface area contributed by atoms with Crippen molar-refractivity contribution in [1.82, 2.24) is 0 Å². The minimum Gasteiger partial charge on any atom is -0.462 e. The fraction of sp³-hybridized carbons (Fsp3) is 0.806. The molecule has 0 fully saturated rings. The Hall–Kier alpha value is -2.89. The van der Waals surface area contributed by atoms with Crippen LogP contribution in [0.25, 0.3) is 0 Å². The highest BCUT2D eigenvalue weighted by Crippen LogP contribution is 2.17. The molecule has 0 aliphatic rings. The molecule has 6 nitrogen and oxygen atoms in total. The predicted octanol–water partition coefficient (Wildman–Crippen LogP) is 21.6. The van der Waals surface area contributed by atoms with Gasteiger partial charge in [-0.1, -0.05) is 281 Å². The quantitative estimate of drug-likeness (QED) is 0.0261. The second-order valence-corrected chi connectivity index (χ2v) is 21.3. The molecule has 0 heterocycles. The van der Waals surface area contributed by atoms with Crippen LogP contribution in [-0.2, 0) is 28.6 Å². The molecule has 0 amide bonds. The van der Waals surface area contributed by atoms with Crippen LogP contribution in [0.2, 0.25) is 0 Å². The van der Waals surface area contributed by atoms with Gasteiger partial charge in [0.2, 0.25) is 0 Å². The molecule has 0 rings (SSSR count). The molecule has 0 radical (unpaired) electrons. The van der Waals surface area contributed by atoms with E-state index in [2.05, 4.69) is 81.5 Å². The van der Waals surface area contributed by atoms with Gasteiger partial charge in [-0.05, 0) is 89.9 Å². The molecule has 0 bridgehead atoms. The molecule has 0 N–H and O–H groups in total. The number of allylic oxidation sites excluding steroid dienone is 10. The third kappa shape index (κ3) is 59.9. The first-order valence-electron chi connectivity index (χ1n) is 31.8. The zero-order valence-electron chi connectivity index (χ0n) is 48.7. The van der Waals surface area contributed by atoms with Crippen LogP contribution in [0.3, 0.4) is 0 Å². The van der Waals surface area contributed by atoms with E-state index in [1.54, 1.807) is 0 Å². The summed E-state index contributed by atoms with van der Waals surface area (Å²) < 4.78 is 16.9.